The van der Waals surface area contributed by atoms with Crippen molar-refractivity contribution in [2.75, 3.05) is 40.6 Å². The lowest BCUT2D eigenvalue weighted by molar-refractivity contribution is -0.166. The Morgan fingerprint density at radius 2 is 1.55 bits per heavy atom. The minimum atomic E-state index is -0.935. The average molecular weight is 582 g/mol. The Hall–Kier alpha value is -3.56. The molecule has 2 aromatic carbocycles. The number of likely N-dealkylation sites (N-methyl/N-ethyl adjacent to an activating group) is 1. The van der Waals surface area contributed by atoms with E-state index in [0.29, 0.717) is 25.0 Å². The van der Waals surface area contributed by atoms with Crippen molar-refractivity contribution in [3.8, 4) is 0 Å². The molecule has 0 spiro atoms. The van der Waals surface area contributed by atoms with Crippen molar-refractivity contribution >= 4 is 23.6 Å². The van der Waals surface area contributed by atoms with E-state index in [1.165, 1.54) is 11.8 Å². The van der Waals surface area contributed by atoms with Crippen molar-refractivity contribution in [2.45, 2.75) is 58.1 Å². The Morgan fingerprint density at radius 1 is 0.929 bits per heavy atom. The first-order valence-corrected chi connectivity index (χ1v) is 14.5. The fourth-order valence-corrected chi connectivity index (χ4v) is 5.38. The summed E-state index contributed by atoms with van der Waals surface area (Å²) >= 11 is 0. The summed E-state index contributed by atoms with van der Waals surface area (Å²) in [4.78, 5) is 53.7. The van der Waals surface area contributed by atoms with Gasteiger partial charge >= 0.3 is 11.9 Å². The third-order valence-corrected chi connectivity index (χ3v) is 8.06. The Bertz CT molecular complexity index is 1160. The van der Waals surface area contributed by atoms with Gasteiger partial charge in [-0.15, -0.1) is 0 Å². The van der Waals surface area contributed by atoms with Crippen molar-refractivity contribution in [1.82, 2.24) is 4.90 Å². The SMILES string of the molecule is COCCOC[C@H](CC1(C(=O)OCC(=O)c2ccccc2)CCCC1)C(=O)OC(c1ccccc1)C(C)N(C)C(C)=O. The molecule has 0 heterocycles. The summed E-state index contributed by atoms with van der Waals surface area (Å²) in [6, 6.07) is 17.5. The third kappa shape index (κ3) is 8.97. The molecule has 1 saturated carbocycles. The van der Waals surface area contributed by atoms with Crippen molar-refractivity contribution in [2.24, 2.45) is 11.3 Å². The van der Waals surface area contributed by atoms with Crippen LogP contribution in [-0.2, 0) is 33.3 Å². The predicted octanol–water partition coefficient (Wildman–Crippen LogP) is 4.79. The molecule has 0 N–H and O–H groups in total. The van der Waals surface area contributed by atoms with Crippen LogP contribution in [0.4, 0.5) is 0 Å². The topological polar surface area (TPSA) is 108 Å². The molecule has 0 bridgehead atoms. The van der Waals surface area contributed by atoms with Gasteiger partial charge in [-0.05, 0) is 31.7 Å². The highest BCUT2D eigenvalue weighted by Gasteiger charge is 2.46. The zero-order valence-corrected chi connectivity index (χ0v) is 25.1. The molecule has 9 nitrogen and oxygen atoms in total. The number of carbonyl (C=O) groups excluding carboxylic acids is 4. The molecule has 1 fully saturated rings. The minimum Gasteiger partial charge on any atom is -0.457 e. The monoisotopic (exact) mass is 581 g/mol. The van der Waals surface area contributed by atoms with Crippen LogP contribution in [0.1, 0.15) is 68.0 Å². The van der Waals surface area contributed by atoms with E-state index in [4.69, 9.17) is 18.9 Å². The van der Waals surface area contributed by atoms with Crippen LogP contribution in [0.15, 0.2) is 60.7 Å². The van der Waals surface area contributed by atoms with Gasteiger partial charge in [0.25, 0.3) is 0 Å². The molecule has 0 radical (unpaired) electrons. The summed E-state index contributed by atoms with van der Waals surface area (Å²) in [5.74, 6) is -2.23. The Labute approximate surface area is 248 Å². The van der Waals surface area contributed by atoms with Crippen LogP contribution in [0.3, 0.4) is 0 Å². The molecule has 42 heavy (non-hydrogen) atoms. The van der Waals surface area contributed by atoms with Crippen LogP contribution in [0, 0.1) is 11.3 Å². The number of benzene rings is 2. The normalized spacial score (nSPS) is 16.2. The maximum atomic E-state index is 13.8. The maximum absolute atomic E-state index is 13.8. The van der Waals surface area contributed by atoms with Crippen LogP contribution in [0.2, 0.25) is 0 Å². The Balaban J connectivity index is 1.81. The lowest BCUT2D eigenvalue weighted by Crippen LogP contribution is -2.41. The third-order valence-electron chi connectivity index (χ3n) is 8.06. The highest BCUT2D eigenvalue weighted by Crippen LogP contribution is 2.45. The minimum absolute atomic E-state index is 0.0264. The molecule has 228 valence electrons. The first-order chi connectivity index (χ1) is 20.2. The number of carbonyl (C=O) groups is 4. The molecule has 2 aromatic rings. The van der Waals surface area contributed by atoms with E-state index >= 15 is 0 Å². The first-order valence-electron chi connectivity index (χ1n) is 14.5. The zero-order chi connectivity index (χ0) is 30.5. The van der Waals surface area contributed by atoms with Crippen LogP contribution in [0.5, 0.6) is 0 Å². The second kappa shape index (κ2) is 16.2. The highest BCUT2D eigenvalue weighted by molar-refractivity contribution is 5.98. The molecule has 0 aliphatic heterocycles. The van der Waals surface area contributed by atoms with Gasteiger partial charge in [0, 0.05) is 26.6 Å². The molecule has 1 aliphatic rings. The van der Waals surface area contributed by atoms with Gasteiger partial charge < -0.3 is 23.8 Å². The summed E-state index contributed by atoms with van der Waals surface area (Å²) in [5, 5.41) is 0. The van der Waals surface area contributed by atoms with E-state index in [2.05, 4.69) is 0 Å². The molecule has 3 rings (SSSR count). The molecule has 0 aromatic heterocycles. The fraction of sp³-hybridized carbons (Fsp3) is 0.515. The standard InChI is InChI=1S/C33H43NO8/c1-24(34(3)25(2)35)30(27-15-9-6-10-16-27)42-31(37)28(22-40-20-19-39-4)21-33(17-11-12-18-33)32(38)41-23-29(36)26-13-7-5-8-14-26/h5-10,13-16,24,28,30H,11-12,17-23H2,1-4H3/t24?,28-,30?/m0/s1. The number of methoxy groups -OCH3 is 1. The predicted molar refractivity (Wildman–Crippen MR) is 157 cm³/mol. The highest BCUT2D eigenvalue weighted by atomic mass is 16.6. The lowest BCUT2D eigenvalue weighted by atomic mass is 9.77. The van der Waals surface area contributed by atoms with Crippen LogP contribution < -0.4 is 0 Å². The number of rotatable bonds is 16. The summed E-state index contributed by atoms with van der Waals surface area (Å²) in [6.45, 7) is 3.58. The Morgan fingerprint density at radius 3 is 2.14 bits per heavy atom. The second-order valence-electron chi connectivity index (χ2n) is 11.0. The van der Waals surface area contributed by atoms with Gasteiger partial charge in [0.15, 0.2) is 12.4 Å². The van der Waals surface area contributed by atoms with E-state index < -0.39 is 35.4 Å². The van der Waals surface area contributed by atoms with Crippen LogP contribution >= 0.6 is 0 Å². The van der Waals surface area contributed by atoms with Crippen LogP contribution in [0.25, 0.3) is 0 Å². The first kappa shape index (κ1) is 32.9. The molecule has 1 amide bonds. The van der Waals surface area contributed by atoms with E-state index in [0.717, 1.165) is 18.4 Å². The van der Waals surface area contributed by atoms with Gasteiger partial charge in [0.05, 0.1) is 37.2 Å². The van der Waals surface area contributed by atoms with Gasteiger partial charge in [-0.2, -0.15) is 0 Å². The maximum Gasteiger partial charge on any atom is 0.312 e. The quantitative estimate of drug-likeness (QED) is 0.158. The number of esters is 2. The summed E-state index contributed by atoms with van der Waals surface area (Å²) in [6.07, 6.45) is 2.12. The van der Waals surface area contributed by atoms with E-state index in [1.54, 1.807) is 38.4 Å². The largest absolute Gasteiger partial charge is 0.457 e. The van der Waals surface area contributed by atoms with E-state index in [1.807, 2.05) is 43.3 Å². The smallest absolute Gasteiger partial charge is 0.312 e. The summed E-state index contributed by atoms with van der Waals surface area (Å²) < 4.78 is 22.6. The molecule has 3 atom stereocenters. The number of Topliss-reactive ketones (excluding diaryl/α,β-unsaturated/α-hetero) is 1. The van der Waals surface area contributed by atoms with Crippen molar-refractivity contribution in [1.29, 1.82) is 0 Å². The number of nitrogens with zero attached hydrogens (tertiary/aromatic N) is 1. The summed E-state index contributed by atoms with van der Waals surface area (Å²) in [5.41, 5.74) is 0.283. The van der Waals surface area contributed by atoms with Crippen LogP contribution in [-0.4, -0.2) is 75.2 Å². The number of ketones is 1. The van der Waals surface area contributed by atoms with E-state index in [-0.39, 0.29) is 37.9 Å². The molecular weight excluding hydrogens is 538 g/mol. The molecular formula is C33H43NO8. The van der Waals surface area contributed by atoms with Crippen molar-refractivity contribution < 1.29 is 38.1 Å². The molecule has 0 saturated heterocycles. The average Bonchev–Trinajstić information content (AvgIpc) is 3.49. The van der Waals surface area contributed by atoms with Gasteiger partial charge in [-0.1, -0.05) is 73.5 Å². The van der Waals surface area contributed by atoms with Gasteiger partial charge in [-0.25, -0.2) is 0 Å². The number of amides is 1. The molecule has 2 unspecified atom stereocenters. The van der Waals surface area contributed by atoms with E-state index in [9.17, 15) is 19.2 Å². The summed E-state index contributed by atoms with van der Waals surface area (Å²) in [7, 11) is 3.23. The Kier molecular flexibility index (Phi) is 12.7. The zero-order valence-electron chi connectivity index (χ0n) is 25.1. The molecule has 1 aliphatic carbocycles. The number of hydrogen-bond acceptors (Lipinski definition) is 8. The van der Waals surface area contributed by atoms with Gasteiger partial charge in [0.2, 0.25) is 5.91 Å². The van der Waals surface area contributed by atoms with Crippen molar-refractivity contribution in [3.05, 3.63) is 71.8 Å². The van der Waals surface area contributed by atoms with Gasteiger partial charge in [0.1, 0.15) is 6.10 Å². The van der Waals surface area contributed by atoms with Gasteiger partial charge in [-0.3, -0.25) is 19.2 Å². The molecule has 9 heteroatoms. The second-order valence-corrected chi connectivity index (χ2v) is 11.0. The number of ether oxygens (including phenoxy) is 4. The number of hydrogen-bond donors (Lipinski definition) is 0. The van der Waals surface area contributed by atoms with Crippen molar-refractivity contribution in [3.63, 3.8) is 0 Å². The fourth-order valence-electron chi connectivity index (χ4n) is 5.38. The lowest BCUT2D eigenvalue weighted by Gasteiger charge is -2.34.